The number of likely N-dealkylation sites (tertiary alicyclic amines) is 1. The molecule has 1 atom stereocenters. The van der Waals surface area contributed by atoms with Crippen LogP contribution in [0, 0.1) is 0 Å². The molecule has 1 heterocycles. The number of hydrogen-bond acceptors (Lipinski definition) is 3. The summed E-state index contributed by atoms with van der Waals surface area (Å²) in [5.41, 5.74) is 0. The number of urea groups is 1. The molecule has 2 rings (SSSR count). The molecule has 1 N–H and O–H groups in total. The van der Waals surface area contributed by atoms with E-state index in [-0.39, 0.29) is 17.5 Å². The molecule has 1 saturated heterocycles. The molecule has 0 aromatic heterocycles. The van der Waals surface area contributed by atoms with Crippen LogP contribution in [0.3, 0.4) is 0 Å². The minimum Gasteiger partial charge on any atom is -0.338 e. The lowest BCUT2D eigenvalue weighted by atomic mass is 10.4. The molecule has 1 aromatic carbocycles. The predicted molar refractivity (Wildman–Crippen MR) is 77.7 cm³/mol. The third-order valence-corrected chi connectivity index (χ3v) is 5.78. The normalized spacial score (nSPS) is 19.1. The lowest BCUT2D eigenvalue weighted by Gasteiger charge is -2.17. The second-order valence-corrected chi connectivity index (χ2v) is 7.36. The summed E-state index contributed by atoms with van der Waals surface area (Å²) in [6.45, 7) is 3.06. The Bertz CT molecular complexity index is 586. The predicted octanol–water partition coefficient (Wildman–Crippen LogP) is 1.92. The van der Waals surface area contributed by atoms with Crippen LogP contribution >= 0.6 is 11.6 Å². The Balaban J connectivity index is 2.12. The lowest BCUT2D eigenvalue weighted by molar-refractivity contribution is 0.209. The average molecular weight is 317 g/mol. The molecule has 0 saturated carbocycles. The number of carbonyl (C=O) groups excluding carboxylic acids is 1. The van der Waals surface area contributed by atoms with E-state index in [2.05, 4.69) is 5.32 Å². The highest BCUT2D eigenvalue weighted by atomic mass is 35.5. The summed E-state index contributed by atoms with van der Waals surface area (Å²) in [5, 5.41) is 2.63. The van der Waals surface area contributed by atoms with Crippen molar-refractivity contribution >= 4 is 27.5 Å². The van der Waals surface area contributed by atoms with Gasteiger partial charge in [0.05, 0.1) is 10.1 Å². The first-order valence-electron chi connectivity index (χ1n) is 6.47. The van der Waals surface area contributed by atoms with Crippen molar-refractivity contribution in [2.24, 2.45) is 0 Å². The molecule has 0 radical (unpaired) electrons. The number of carbonyl (C=O) groups is 1. The number of rotatable bonds is 3. The molecule has 5 nitrogen and oxygen atoms in total. The van der Waals surface area contributed by atoms with Gasteiger partial charge in [-0.1, -0.05) is 11.6 Å². The highest BCUT2D eigenvalue weighted by molar-refractivity contribution is 7.92. The molecule has 20 heavy (non-hydrogen) atoms. The summed E-state index contributed by atoms with van der Waals surface area (Å²) in [6, 6.07) is 5.93. The van der Waals surface area contributed by atoms with E-state index in [9.17, 15) is 13.2 Å². The lowest BCUT2D eigenvalue weighted by Crippen LogP contribution is -2.39. The van der Waals surface area contributed by atoms with Crippen LogP contribution in [-0.4, -0.2) is 44.2 Å². The zero-order valence-electron chi connectivity index (χ0n) is 11.2. The number of hydrogen-bond donors (Lipinski definition) is 1. The summed E-state index contributed by atoms with van der Waals surface area (Å²) in [6.07, 6.45) is 0.460. The first-order chi connectivity index (χ1) is 9.45. The number of amides is 2. The Hall–Kier alpha value is -1.27. The minimum atomic E-state index is -3.42. The van der Waals surface area contributed by atoms with Crippen molar-refractivity contribution < 1.29 is 13.2 Å². The van der Waals surface area contributed by atoms with Crippen LogP contribution in [-0.2, 0) is 9.84 Å². The Labute approximate surface area is 123 Å². The number of halogens is 1. The van der Waals surface area contributed by atoms with Gasteiger partial charge >= 0.3 is 6.03 Å². The van der Waals surface area contributed by atoms with Gasteiger partial charge in [-0.25, -0.2) is 13.2 Å². The van der Waals surface area contributed by atoms with Gasteiger partial charge in [-0.3, -0.25) is 0 Å². The van der Waals surface area contributed by atoms with Crippen molar-refractivity contribution in [3.8, 4) is 0 Å². The fourth-order valence-corrected chi connectivity index (χ4v) is 4.06. The summed E-state index contributed by atoms with van der Waals surface area (Å²) in [7, 11) is -3.42. The Kier molecular flexibility index (Phi) is 4.55. The van der Waals surface area contributed by atoms with Gasteiger partial charge in [-0.2, -0.15) is 0 Å². The molecule has 2 amide bonds. The third kappa shape index (κ3) is 3.07. The zero-order valence-corrected chi connectivity index (χ0v) is 12.7. The maximum absolute atomic E-state index is 12.5. The largest absolute Gasteiger partial charge is 0.338 e. The van der Waals surface area contributed by atoms with E-state index in [0.29, 0.717) is 24.5 Å². The van der Waals surface area contributed by atoms with Gasteiger partial charge in [0.25, 0.3) is 0 Å². The molecule has 1 unspecified atom stereocenters. The zero-order chi connectivity index (χ0) is 14.8. The molecule has 1 aliphatic heterocycles. The number of benzene rings is 1. The number of nitrogens with zero attached hydrogens (tertiary/aromatic N) is 1. The van der Waals surface area contributed by atoms with E-state index >= 15 is 0 Å². The highest BCUT2D eigenvalue weighted by Gasteiger charge is 2.35. The average Bonchev–Trinajstić information content (AvgIpc) is 2.90. The quantitative estimate of drug-likeness (QED) is 0.926. The second kappa shape index (κ2) is 6.01. The molecular weight excluding hydrogens is 300 g/mol. The molecular formula is C13H17ClN2O3S. The van der Waals surface area contributed by atoms with Crippen molar-refractivity contribution in [2.45, 2.75) is 23.5 Å². The van der Waals surface area contributed by atoms with Gasteiger partial charge in [0.1, 0.15) is 0 Å². The van der Waals surface area contributed by atoms with Crippen LogP contribution in [0.4, 0.5) is 4.79 Å². The smallest absolute Gasteiger partial charge is 0.317 e. The molecule has 1 aromatic rings. The van der Waals surface area contributed by atoms with Gasteiger partial charge < -0.3 is 10.2 Å². The number of sulfone groups is 1. The molecule has 0 bridgehead atoms. The van der Waals surface area contributed by atoms with E-state index < -0.39 is 15.1 Å². The summed E-state index contributed by atoms with van der Waals surface area (Å²) in [5.74, 6) is 0. The van der Waals surface area contributed by atoms with Crippen LogP contribution in [0.2, 0.25) is 5.02 Å². The van der Waals surface area contributed by atoms with Crippen molar-refractivity contribution in [1.29, 1.82) is 0 Å². The van der Waals surface area contributed by atoms with E-state index in [4.69, 9.17) is 11.6 Å². The molecule has 7 heteroatoms. The van der Waals surface area contributed by atoms with Gasteiger partial charge in [-0.15, -0.1) is 0 Å². The summed E-state index contributed by atoms with van der Waals surface area (Å²) < 4.78 is 24.9. The van der Waals surface area contributed by atoms with Crippen molar-refractivity contribution in [3.05, 3.63) is 29.3 Å². The maximum atomic E-state index is 12.5. The molecule has 0 aliphatic carbocycles. The van der Waals surface area contributed by atoms with Gasteiger partial charge in [0.15, 0.2) is 9.84 Å². The van der Waals surface area contributed by atoms with Crippen molar-refractivity contribution in [2.75, 3.05) is 19.6 Å². The topological polar surface area (TPSA) is 66.5 Å². The van der Waals surface area contributed by atoms with Gasteiger partial charge in [-0.05, 0) is 37.6 Å². The van der Waals surface area contributed by atoms with Gasteiger partial charge in [0, 0.05) is 24.7 Å². The van der Waals surface area contributed by atoms with Crippen molar-refractivity contribution in [1.82, 2.24) is 10.2 Å². The monoisotopic (exact) mass is 316 g/mol. The van der Waals surface area contributed by atoms with Gasteiger partial charge in [0.2, 0.25) is 0 Å². The third-order valence-electron chi connectivity index (χ3n) is 3.34. The molecule has 1 fully saturated rings. The highest BCUT2D eigenvalue weighted by Crippen LogP contribution is 2.25. The van der Waals surface area contributed by atoms with Crippen LogP contribution in [0.1, 0.15) is 13.3 Å². The van der Waals surface area contributed by atoms with E-state index in [0.717, 1.165) is 0 Å². The summed E-state index contributed by atoms with van der Waals surface area (Å²) in [4.78, 5) is 13.5. The van der Waals surface area contributed by atoms with Crippen LogP contribution < -0.4 is 5.32 Å². The first-order valence-corrected chi connectivity index (χ1v) is 8.40. The molecule has 1 aliphatic rings. The second-order valence-electron chi connectivity index (χ2n) is 4.69. The maximum Gasteiger partial charge on any atom is 0.317 e. The van der Waals surface area contributed by atoms with Crippen molar-refractivity contribution in [3.63, 3.8) is 0 Å². The van der Waals surface area contributed by atoms with E-state index in [1.54, 1.807) is 17.0 Å². The van der Waals surface area contributed by atoms with Crippen LogP contribution in [0.15, 0.2) is 29.2 Å². The number of nitrogens with one attached hydrogen (secondary N) is 1. The minimum absolute atomic E-state index is 0.207. The van der Waals surface area contributed by atoms with E-state index in [1.807, 2.05) is 6.92 Å². The Morgan fingerprint density at radius 2 is 2.05 bits per heavy atom. The SMILES string of the molecule is CCNC(=O)N1CCC(S(=O)(=O)c2ccc(Cl)cc2)C1. The fourth-order valence-electron chi connectivity index (χ4n) is 2.25. The molecule has 0 spiro atoms. The Morgan fingerprint density at radius 1 is 1.40 bits per heavy atom. The first kappa shape index (κ1) is 15.1. The van der Waals surface area contributed by atoms with Crippen LogP contribution in [0.25, 0.3) is 0 Å². The van der Waals surface area contributed by atoms with E-state index in [1.165, 1.54) is 12.1 Å². The molecule has 110 valence electrons. The van der Waals surface area contributed by atoms with Crippen LogP contribution in [0.5, 0.6) is 0 Å². The fraction of sp³-hybridized carbons (Fsp3) is 0.462. The summed E-state index contributed by atoms with van der Waals surface area (Å²) >= 11 is 5.76. The Morgan fingerprint density at radius 3 is 2.65 bits per heavy atom. The standard InChI is InChI=1S/C13H17ClN2O3S/c1-2-15-13(17)16-8-7-12(9-16)20(18,19)11-5-3-10(14)4-6-11/h3-6,12H,2,7-9H2,1H3,(H,15,17).